The van der Waals surface area contributed by atoms with Crippen LogP contribution in [0.3, 0.4) is 0 Å². The highest BCUT2D eigenvalue weighted by atomic mass is 31.2. The Balaban J connectivity index is 4.01. The summed E-state index contributed by atoms with van der Waals surface area (Å²) in [4.78, 5) is 42.8. The molecule has 0 aliphatic carbocycles. The van der Waals surface area contributed by atoms with Crippen molar-refractivity contribution in [1.82, 2.24) is 0 Å². The van der Waals surface area contributed by atoms with Gasteiger partial charge >= 0.3 is 19.8 Å². The van der Waals surface area contributed by atoms with Gasteiger partial charge in [-0.25, -0.2) is 4.57 Å². The fraction of sp³-hybridized carbons (Fsp3) is 0.714. The van der Waals surface area contributed by atoms with Crippen LogP contribution in [0.4, 0.5) is 0 Å². The number of hydrogen-bond acceptors (Lipinski definition) is 6. The van der Waals surface area contributed by atoms with Crippen LogP contribution in [0.5, 0.6) is 0 Å². The number of phosphoric acid groups is 1. The molecule has 8 nitrogen and oxygen atoms in total. The van der Waals surface area contributed by atoms with E-state index in [0.717, 1.165) is 70.6 Å². The van der Waals surface area contributed by atoms with Gasteiger partial charge in [0.15, 0.2) is 6.10 Å². The molecule has 51 heavy (non-hydrogen) atoms. The molecule has 0 aromatic heterocycles. The lowest BCUT2D eigenvalue weighted by Crippen LogP contribution is -2.29. The lowest BCUT2D eigenvalue weighted by molar-refractivity contribution is -0.161. The van der Waals surface area contributed by atoms with Gasteiger partial charge in [-0.15, -0.1) is 0 Å². The second-order valence-corrected chi connectivity index (χ2v) is 14.5. The van der Waals surface area contributed by atoms with Crippen LogP contribution in [0.25, 0.3) is 0 Å². The molecule has 1 atom stereocenters. The highest BCUT2D eigenvalue weighted by molar-refractivity contribution is 7.46. The number of carbonyl (C=O) groups excluding carboxylic acids is 2. The van der Waals surface area contributed by atoms with Crippen LogP contribution in [0, 0.1) is 0 Å². The standard InChI is InChI=1S/C42H73O8P/c1-3-5-7-9-11-13-15-17-19-20-21-22-23-25-26-28-30-32-34-36-41(43)48-38-40(39-49-51(45,46)47)50-42(44)37-35-33-31-29-27-24-18-16-14-12-10-8-6-4-2/h5,7,11,13,17,19,21-22,25-26,40H,3-4,6,8-10,12,14-16,18,20,23-24,27-39H2,1-2H3,(H2,45,46,47)/b7-5+,13-11+,19-17+,22-21+,26-25+/t40-/m1/s1. The number of ether oxygens (including phenoxy) is 2. The van der Waals surface area contributed by atoms with Crippen LogP contribution in [-0.4, -0.2) is 41.0 Å². The van der Waals surface area contributed by atoms with E-state index in [9.17, 15) is 14.2 Å². The maximum absolute atomic E-state index is 12.4. The topological polar surface area (TPSA) is 119 Å². The summed E-state index contributed by atoms with van der Waals surface area (Å²) in [5, 5.41) is 0. The Kier molecular flexibility index (Phi) is 35.9. The third kappa shape index (κ3) is 40.4. The summed E-state index contributed by atoms with van der Waals surface area (Å²) in [6, 6.07) is 0. The molecule has 294 valence electrons. The molecule has 0 unspecified atom stereocenters. The Bertz CT molecular complexity index is 1010. The quantitative estimate of drug-likeness (QED) is 0.0282. The van der Waals surface area contributed by atoms with E-state index >= 15 is 0 Å². The van der Waals surface area contributed by atoms with E-state index in [0.29, 0.717) is 12.8 Å². The van der Waals surface area contributed by atoms with Gasteiger partial charge in [-0.3, -0.25) is 14.1 Å². The Morgan fingerprint density at radius 3 is 1.41 bits per heavy atom. The number of rotatable bonds is 36. The summed E-state index contributed by atoms with van der Waals surface area (Å²) >= 11 is 0. The van der Waals surface area contributed by atoms with Gasteiger partial charge in [-0.1, -0.05) is 164 Å². The number of phosphoric ester groups is 1. The van der Waals surface area contributed by atoms with E-state index in [1.165, 1.54) is 64.2 Å². The molecule has 0 rings (SSSR count). The normalized spacial score (nSPS) is 13.1. The van der Waals surface area contributed by atoms with Gasteiger partial charge in [0.25, 0.3) is 0 Å². The molecule has 0 aromatic rings. The van der Waals surface area contributed by atoms with Crippen LogP contribution in [0.1, 0.15) is 174 Å². The number of allylic oxidation sites excluding steroid dienone is 10. The summed E-state index contributed by atoms with van der Waals surface area (Å²) in [6.07, 6.45) is 46.5. The van der Waals surface area contributed by atoms with E-state index < -0.39 is 32.5 Å². The maximum Gasteiger partial charge on any atom is 0.469 e. The van der Waals surface area contributed by atoms with E-state index in [-0.39, 0.29) is 19.4 Å². The molecule has 0 fully saturated rings. The van der Waals surface area contributed by atoms with Crippen molar-refractivity contribution in [3.63, 3.8) is 0 Å². The van der Waals surface area contributed by atoms with Crippen molar-refractivity contribution in [2.75, 3.05) is 13.2 Å². The van der Waals surface area contributed by atoms with Gasteiger partial charge in [0.05, 0.1) is 6.61 Å². The first-order valence-electron chi connectivity index (χ1n) is 20.1. The highest BCUT2D eigenvalue weighted by Gasteiger charge is 2.22. The molecular weight excluding hydrogens is 663 g/mol. The zero-order valence-electron chi connectivity index (χ0n) is 32.2. The summed E-state index contributed by atoms with van der Waals surface area (Å²) in [7, 11) is -4.76. The molecule has 0 aliphatic heterocycles. The van der Waals surface area contributed by atoms with E-state index in [2.05, 4.69) is 79.1 Å². The predicted molar refractivity (Wildman–Crippen MR) is 211 cm³/mol. The minimum absolute atomic E-state index is 0.205. The van der Waals surface area contributed by atoms with Crippen LogP contribution in [0.2, 0.25) is 0 Å². The SMILES string of the molecule is CC/C=C/C/C=C/C/C=C/C/C=C/C/C=C/CCCCCC(=O)OC[C@H](COP(=O)(O)O)OC(=O)CCCCCCCCCCCCCCCC. The first-order chi connectivity index (χ1) is 24.8. The number of hydrogen-bond donors (Lipinski definition) is 2. The first-order valence-corrected chi connectivity index (χ1v) is 21.6. The van der Waals surface area contributed by atoms with Crippen LogP contribution >= 0.6 is 7.82 Å². The van der Waals surface area contributed by atoms with Gasteiger partial charge in [0.1, 0.15) is 6.61 Å². The minimum Gasteiger partial charge on any atom is -0.462 e. The Morgan fingerprint density at radius 1 is 0.529 bits per heavy atom. The van der Waals surface area contributed by atoms with Crippen molar-refractivity contribution < 1.29 is 37.9 Å². The second-order valence-electron chi connectivity index (χ2n) is 13.2. The molecular formula is C42H73O8P. The lowest BCUT2D eigenvalue weighted by atomic mass is 10.0. The average Bonchev–Trinajstić information content (AvgIpc) is 3.10. The molecule has 9 heteroatoms. The van der Waals surface area contributed by atoms with Crippen molar-refractivity contribution in [2.24, 2.45) is 0 Å². The van der Waals surface area contributed by atoms with Gasteiger partial charge in [0.2, 0.25) is 0 Å². The molecule has 0 heterocycles. The second kappa shape index (κ2) is 37.5. The smallest absolute Gasteiger partial charge is 0.462 e. The maximum atomic E-state index is 12.4. The summed E-state index contributed by atoms with van der Waals surface area (Å²) in [5.41, 5.74) is 0. The Hall–Kier alpha value is -2.25. The molecule has 0 aromatic carbocycles. The number of esters is 2. The Morgan fingerprint density at radius 2 is 0.941 bits per heavy atom. The molecule has 2 N–H and O–H groups in total. The van der Waals surface area contributed by atoms with Gasteiger partial charge < -0.3 is 19.3 Å². The summed E-state index contributed by atoms with van der Waals surface area (Å²) in [5.74, 6) is -0.923. The van der Waals surface area contributed by atoms with Crippen molar-refractivity contribution in [3.05, 3.63) is 60.8 Å². The van der Waals surface area contributed by atoms with E-state index in [4.69, 9.17) is 19.3 Å². The van der Waals surface area contributed by atoms with Gasteiger partial charge in [0, 0.05) is 12.8 Å². The third-order valence-electron chi connectivity index (χ3n) is 8.30. The van der Waals surface area contributed by atoms with E-state index in [1.54, 1.807) is 0 Å². The predicted octanol–water partition coefficient (Wildman–Crippen LogP) is 12.1. The number of unbranched alkanes of at least 4 members (excludes halogenated alkanes) is 16. The lowest BCUT2D eigenvalue weighted by Gasteiger charge is -2.18. The van der Waals surface area contributed by atoms with Gasteiger partial charge in [-0.05, 0) is 57.8 Å². The van der Waals surface area contributed by atoms with Crippen molar-refractivity contribution in [1.29, 1.82) is 0 Å². The average molecular weight is 737 g/mol. The summed E-state index contributed by atoms with van der Waals surface area (Å²) < 4.78 is 26.3. The molecule has 0 saturated carbocycles. The third-order valence-corrected chi connectivity index (χ3v) is 8.79. The van der Waals surface area contributed by atoms with Crippen molar-refractivity contribution in [2.45, 2.75) is 180 Å². The van der Waals surface area contributed by atoms with Crippen LogP contribution in [-0.2, 0) is 28.2 Å². The van der Waals surface area contributed by atoms with Crippen LogP contribution in [0.15, 0.2) is 60.8 Å². The first kappa shape index (κ1) is 48.8. The molecule has 0 bridgehead atoms. The van der Waals surface area contributed by atoms with Crippen LogP contribution < -0.4 is 0 Å². The molecule has 0 aliphatic rings. The molecule has 0 spiro atoms. The Labute approximate surface area is 311 Å². The fourth-order valence-electron chi connectivity index (χ4n) is 5.34. The molecule has 0 radical (unpaired) electrons. The fourth-order valence-corrected chi connectivity index (χ4v) is 5.70. The zero-order chi connectivity index (χ0) is 37.5. The van der Waals surface area contributed by atoms with E-state index in [1.807, 2.05) is 0 Å². The number of carbonyl (C=O) groups is 2. The molecule has 0 saturated heterocycles. The van der Waals surface area contributed by atoms with Gasteiger partial charge in [-0.2, -0.15) is 0 Å². The van der Waals surface area contributed by atoms with Crippen molar-refractivity contribution in [3.8, 4) is 0 Å². The minimum atomic E-state index is -4.76. The summed E-state index contributed by atoms with van der Waals surface area (Å²) in [6.45, 7) is 3.54. The monoisotopic (exact) mass is 737 g/mol. The largest absolute Gasteiger partial charge is 0.469 e. The molecule has 0 amide bonds. The van der Waals surface area contributed by atoms with Crippen molar-refractivity contribution >= 4 is 19.8 Å². The highest BCUT2D eigenvalue weighted by Crippen LogP contribution is 2.36. The zero-order valence-corrected chi connectivity index (χ0v) is 33.1.